The highest BCUT2D eigenvalue weighted by Gasteiger charge is 2.40. The third-order valence-electron chi connectivity index (χ3n) is 3.43. The largest absolute Gasteiger partial charge is 0.480 e. The van der Waals surface area contributed by atoms with Gasteiger partial charge in [-0.05, 0) is 30.2 Å². The molecule has 2 aromatic carbocycles. The van der Waals surface area contributed by atoms with Crippen molar-refractivity contribution in [2.75, 3.05) is 0 Å². The van der Waals surface area contributed by atoms with E-state index in [1.165, 1.54) is 0 Å². The Balaban J connectivity index is 2.38. The van der Waals surface area contributed by atoms with Gasteiger partial charge in [0, 0.05) is 6.07 Å². The first-order valence-corrected chi connectivity index (χ1v) is 8.53. The third-order valence-corrected chi connectivity index (χ3v) is 4.86. The van der Waals surface area contributed by atoms with Crippen molar-refractivity contribution < 1.29 is 27.1 Å². The molecule has 128 valence electrons. The fourth-order valence-corrected chi connectivity index (χ4v) is 3.74. The minimum atomic E-state index is -4.09. The fraction of sp³-hybridized carbons (Fsp3) is 0.188. The molecule has 0 saturated carbocycles. The van der Waals surface area contributed by atoms with Gasteiger partial charge in [0.05, 0.1) is 5.75 Å². The normalized spacial score (nSPS) is 14.1. The lowest BCUT2D eigenvalue weighted by molar-refractivity contribution is -0.143. The molecule has 0 aromatic heterocycles. The standard InChI is InChI=1S/C16H15F2NO4S/c1-16(15(20)21,12-7-13(17)9-14(18)8-12)19-24(22,23)10-11-5-3-2-4-6-11/h2-9,19H,10H2,1H3,(H,20,21). The Morgan fingerprint density at radius 3 is 2.17 bits per heavy atom. The molecule has 0 amide bonds. The predicted molar refractivity (Wildman–Crippen MR) is 83.5 cm³/mol. The zero-order valence-electron chi connectivity index (χ0n) is 12.7. The summed E-state index contributed by atoms with van der Waals surface area (Å²) in [6.45, 7) is 1.03. The Morgan fingerprint density at radius 2 is 1.67 bits per heavy atom. The SMILES string of the molecule is CC(NS(=O)(=O)Cc1ccccc1)(C(=O)O)c1cc(F)cc(F)c1. The van der Waals surface area contributed by atoms with Crippen LogP contribution in [0.5, 0.6) is 0 Å². The van der Waals surface area contributed by atoms with Crippen molar-refractivity contribution in [2.45, 2.75) is 18.2 Å². The predicted octanol–water partition coefficient (Wildman–Crippen LogP) is 2.38. The molecule has 0 aliphatic heterocycles. The third kappa shape index (κ3) is 4.15. The van der Waals surface area contributed by atoms with Crippen LogP contribution < -0.4 is 4.72 Å². The summed E-state index contributed by atoms with van der Waals surface area (Å²) in [5.74, 6) is -4.04. The lowest BCUT2D eigenvalue weighted by Crippen LogP contribution is -2.49. The molecule has 1 atom stereocenters. The smallest absolute Gasteiger partial charge is 0.329 e. The van der Waals surface area contributed by atoms with Crippen LogP contribution in [0.4, 0.5) is 8.78 Å². The summed E-state index contributed by atoms with van der Waals surface area (Å²) in [6.07, 6.45) is 0. The molecule has 0 aliphatic rings. The highest BCUT2D eigenvalue weighted by molar-refractivity contribution is 7.88. The van der Waals surface area contributed by atoms with Crippen LogP contribution in [0, 0.1) is 11.6 Å². The first-order valence-electron chi connectivity index (χ1n) is 6.88. The molecule has 2 N–H and O–H groups in total. The summed E-state index contributed by atoms with van der Waals surface area (Å²) in [7, 11) is -4.09. The minimum absolute atomic E-state index is 0.343. The Bertz CT molecular complexity index is 835. The molecule has 0 aliphatic carbocycles. The van der Waals surface area contributed by atoms with Crippen molar-refractivity contribution in [3.05, 3.63) is 71.3 Å². The van der Waals surface area contributed by atoms with Crippen molar-refractivity contribution >= 4 is 16.0 Å². The number of rotatable bonds is 6. The lowest BCUT2D eigenvalue weighted by atomic mass is 9.93. The molecular formula is C16H15F2NO4S. The maximum atomic E-state index is 13.4. The number of carboxylic acid groups (broad SMARTS) is 1. The molecular weight excluding hydrogens is 340 g/mol. The van der Waals surface area contributed by atoms with E-state index >= 15 is 0 Å². The van der Waals surface area contributed by atoms with E-state index in [1.807, 2.05) is 4.72 Å². The number of benzene rings is 2. The fourth-order valence-electron chi connectivity index (χ4n) is 2.21. The van der Waals surface area contributed by atoms with E-state index < -0.39 is 38.9 Å². The van der Waals surface area contributed by atoms with Crippen LogP contribution in [-0.4, -0.2) is 19.5 Å². The van der Waals surface area contributed by atoms with E-state index in [-0.39, 0.29) is 5.56 Å². The molecule has 2 rings (SSSR count). The van der Waals surface area contributed by atoms with Gasteiger partial charge in [-0.1, -0.05) is 30.3 Å². The zero-order valence-corrected chi connectivity index (χ0v) is 13.5. The quantitative estimate of drug-likeness (QED) is 0.833. The molecule has 0 radical (unpaired) electrons. The van der Waals surface area contributed by atoms with Crippen molar-refractivity contribution in [1.82, 2.24) is 4.72 Å². The highest BCUT2D eigenvalue weighted by atomic mass is 32.2. The number of carboxylic acids is 1. The molecule has 5 nitrogen and oxygen atoms in total. The number of hydrogen-bond acceptors (Lipinski definition) is 3. The molecule has 0 fully saturated rings. The average Bonchev–Trinajstić information content (AvgIpc) is 2.45. The molecule has 2 aromatic rings. The molecule has 0 saturated heterocycles. The van der Waals surface area contributed by atoms with Crippen LogP contribution in [0.2, 0.25) is 0 Å². The molecule has 1 unspecified atom stereocenters. The second-order valence-corrected chi connectivity index (χ2v) is 7.16. The Kier molecular flexibility index (Phi) is 5.00. The molecule has 0 heterocycles. The van der Waals surface area contributed by atoms with Crippen LogP contribution in [-0.2, 0) is 26.1 Å². The van der Waals surface area contributed by atoms with Crippen LogP contribution in [0.15, 0.2) is 48.5 Å². The van der Waals surface area contributed by atoms with Gasteiger partial charge in [0.15, 0.2) is 5.54 Å². The topological polar surface area (TPSA) is 83.5 Å². The summed E-state index contributed by atoms with van der Waals surface area (Å²) < 4.78 is 53.4. The first kappa shape index (κ1) is 18.0. The van der Waals surface area contributed by atoms with Gasteiger partial charge in [-0.25, -0.2) is 22.0 Å². The van der Waals surface area contributed by atoms with E-state index in [2.05, 4.69) is 0 Å². The van der Waals surface area contributed by atoms with Crippen LogP contribution in [0.1, 0.15) is 18.1 Å². The monoisotopic (exact) mass is 355 g/mol. The van der Waals surface area contributed by atoms with Crippen molar-refractivity contribution in [3.63, 3.8) is 0 Å². The number of hydrogen-bond donors (Lipinski definition) is 2. The Labute approximate surface area is 138 Å². The first-order chi connectivity index (χ1) is 11.1. The van der Waals surface area contributed by atoms with Crippen molar-refractivity contribution in [3.8, 4) is 0 Å². The van der Waals surface area contributed by atoms with Crippen molar-refractivity contribution in [2.24, 2.45) is 0 Å². The van der Waals surface area contributed by atoms with Crippen LogP contribution >= 0.6 is 0 Å². The number of nitrogens with one attached hydrogen (secondary N) is 1. The molecule has 24 heavy (non-hydrogen) atoms. The van der Waals surface area contributed by atoms with E-state index in [1.54, 1.807) is 30.3 Å². The van der Waals surface area contributed by atoms with Crippen LogP contribution in [0.3, 0.4) is 0 Å². The van der Waals surface area contributed by atoms with E-state index in [0.29, 0.717) is 11.6 Å². The van der Waals surface area contributed by atoms with Gasteiger partial charge in [0.2, 0.25) is 10.0 Å². The highest BCUT2D eigenvalue weighted by Crippen LogP contribution is 2.25. The number of carbonyl (C=O) groups is 1. The van der Waals surface area contributed by atoms with Crippen molar-refractivity contribution in [1.29, 1.82) is 0 Å². The Hall–Kier alpha value is -2.32. The number of aliphatic carboxylic acids is 1. The van der Waals surface area contributed by atoms with Gasteiger partial charge in [0.1, 0.15) is 11.6 Å². The Morgan fingerprint density at radius 1 is 1.12 bits per heavy atom. The second-order valence-electron chi connectivity index (χ2n) is 5.44. The molecule has 0 bridgehead atoms. The van der Waals surface area contributed by atoms with Gasteiger partial charge in [-0.2, -0.15) is 4.72 Å². The summed E-state index contributed by atoms with van der Waals surface area (Å²) in [5.41, 5.74) is -2.11. The lowest BCUT2D eigenvalue weighted by Gasteiger charge is -2.26. The number of sulfonamides is 1. The van der Waals surface area contributed by atoms with Crippen LogP contribution in [0.25, 0.3) is 0 Å². The van der Waals surface area contributed by atoms with Gasteiger partial charge in [-0.3, -0.25) is 0 Å². The van der Waals surface area contributed by atoms with Gasteiger partial charge in [0.25, 0.3) is 0 Å². The summed E-state index contributed by atoms with van der Waals surface area (Å²) in [4.78, 5) is 11.6. The average molecular weight is 355 g/mol. The molecule has 0 spiro atoms. The molecule has 8 heteroatoms. The zero-order chi connectivity index (χ0) is 18.0. The second kappa shape index (κ2) is 6.66. The van der Waals surface area contributed by atoms with E-state index in [9.17, 15) is 27.1 Å². The van der Waals surface area contributed by atoms with E-state index in [0.717, 1.165) is 19.1 Å². The number of halogens is 2. The minimum Gasteiger partial charge on any atom is -0.480 e. The van der Waals surface area contributed by atoms with E-state index in [4.69, 9.17) is 0 Å². The summed E-state index contributed by atoms with van der Waals surface area (Å²) in [6, 6.07) is 10.3. The van der Waals surface area contributed by atoms with Gasteiger partial charge < -0.3 is 5.11 Å². The summed E-state index contributed by atoms with van der Waals surface area (Å²) in [5, 5.41) is 9.43. The summed E-state index contributed by atoms with van der Waals surface area (Å²) >= 11 is 0. The van der Waals surface area contributed by atoms with Gasteiger partial charge >= 0.3 is 5.97 Å². The maximum absolute atomic E-state index is 13.4. The maximum Gasteiger partial charge on any atom is 0.329 e. The van der Waals surface area contributed by atoms with Gasteiger partial charge in [-0.15, -0.1) is 0 Å².